The maximum atomic E-state index is 5.51. The van der Waals surface area contributed by atoms with E-state index in [1.807, 2.05) is 0 Å². The van der Waals surface area contributed by atoms with Crippen molar-refractivity contribution in [1.29, 1.82) is 0 Å². The Morgan fingerprint density at radius 3 is 3.15 bits per heavy atom. The smallest absolute Gasteiger partial charge is 0.240 e. The van der Waals surface area contributed by atoms with Crippen molar-refractivity contribution in [3.63, 3.8) is 0 Å². The highest BCUT2D eigenvalue weighted by Crippen LogP contribution is 2.15. The molecule has 1 aromatic rings. The van der Waals surface area contributed by atoms with Gasteiger partial charge in [-0.05, 0) is 29.7 Å². The third-order valence-corrected chi connectivity index (χ3v) is 2.25. The molecule has 2 heterocycles. The summed E-state index contributed by atoms with van der Waals surface area (Å²) in [5.74, 6) is 0.373. The van der Waals surface area contributed by atoms with E-state index in [2.05, 4.69) is 15.5 Å². The van der Waals surface area contributed by atoms with Gasteiger partial charge in [0.1, 0.15) is 0 Å². The van der Waals surface area contributed by atoms with Crippen molar-refractivity contribution in [2.24, 2.45) is 0 Å². The second kappa shape index (κ2) is 3.69. The van der Waals surface area contributed by atoms with Crippen LogP contribution < -0.4 is 5.73 Å². The normalized spacial score (nSPS) is 22.3. The second-order valence-corrected chi connectivity index (χ2v) is 3.18. The number of hydrogen-bond donors (Lipinski definition) is 1. The summed E-state index contributed by atoms with van der Waals surface area (Å²) in [7, 11) is 0. The highest BCUT2D eigenvalue weighted by atomic mass is 16.5. The number of nitrogen functional groups attached to an aromatic ring is 1. The molecule has 1 saturated heterocycles. The van der Waals surface area contributed by atoms with Crippen LogP contribution in [0.2, 0.25) is 0 Å². The molecule has 0 radical (unpaired) electrons. The Kier molecular flexibility index (Phi) is 2.40. The van der Waals surface area contributed by atoms with Gasteiger partial charge in [-0.25, -0.2) is 4.68 Å². The minimum Gasteiger partial charge on any atom is -0.378 e. The fraction of sp³-hybridized carbons (Fsp3) is 0.857. The molecule has 0 aromatic carbocycles. The first-order chi connectivity index (χ1) is 6.36. The number of nitrogens with zero attached hydrogens (tertiary/aromatic N) is 4. The molecule has 6 nitrogen and oxygen atoms in total. The summed E-state index contributed by atoms with van der Waals surface area (Å²) < 4.78 is 7.07. The van der Waals surface area contributed by atoms with E-state index in [1.54, 1.807) is 4.68 Å². The minimum atomic E-state index is 0.364. The van der Waals surface area contributed by atoms with Crippen LogP contribution in [-0.4, -0.2) is 32.9 Å². The van der Waals surface area contributed by atoms with Crippen molar-refractivity contribution in [3.8, 4) is 0 Å². The molecule has 0 saturated carbocycles. The number of aryl methyl sites for hydroxylation is 1. The zero-order valence-electron chi connectivity index (χ0n) is 7.39. The predicted molar refractivity (Wildman–Crippen MR) is 45.8 cm³/mol. The number of ether oxygens (including phenoxy) is 1. The van der Waals surface area contributed by atoms with Crippen molar-refractivity contribution < 1.29 is 4.74 Å². The molecular formula is C7H13N5O. The molecule has 0 bridgehead atoms. The highest BCUT2D eigenvalue weighted by Gasteiger charge is 2.15. The Bertz CT molecular complexity index is 268. The van der Waals surface area contributed by atoms with Gasteiger partial charge in [0.05, 0.1) is 6.10 Å². The molecule has 0 amide bonds. The van der Waals surface area contributed by atoms with Gasteiger partial charge in [-0.15, -0.1) is 0 Å². The maximum absolute atomic E-state index is 5.51. The Morgan fingerprint density at radius 1 is 1.62 bits per heavy atom. The number of rotatable bonds is 3. The molecule has 1 aromatic heterocycles. The van der Waals surface area contributed by atoms with Crippen molar-refractivity contribution in [2.45, 2.75) is 31.9 Å². The summed E-state index contributed by atoms with van der Waals surface area (Å²) >= 11 is 0. The molecule has 0 spiro atoms. The molecule has 72 valence electrons. The summed E-state index contributed by atoms with van der Waals surface area (Å²) in [6.45, 7) is 1.62. The topological polar surface area (TPSA) is 78.9 Å². The number of aromatic nitrogens is 4. The molecule has 1 unspecified atom stereocenters. The highest BCUT2D eigenvalue weighted by molar-refractivity contribution is 5.09. The lowest BCUT2D eigenvalue weighted by Gasteiger charge is -2.08. The van der Waals surface area contributed by atoms with E-state index in [-0.39, 0.29) is 0 Å². The average molecular weight is 183 g/mol. The molecule has 2 N–H and O–H groups in total. The second-order valence-electron chi connectivity index (χ2n) is 3.18. The first-order valence-electron chi connectivity index (χ1n) is 4.49. The number of nitrogens with two attached hydrogens (primary N) is 1. The van der Waals surface area contributed by atoms with E-state index in [4.69, 9.17) is 10.5 Å². The third kappa shape index (κ3) is 1.95. The summed E-state index contributed by atoms with van der Waals surface area (Å²) in [6, 6.07) is 0. The SMILES string of the molecule is Nc1nnnn1CCC1CCCO1. The van der Waals surface area contributed by atoms with Crippen LogP contribution in [0, 0.1) is 0 Å². The lowest BCUT2D eigenvalue weighted by Crippen LogP contribution is -2.12. The van der Waals surface area contributed by atoms with Crippen molar-refractivity contribution in [2.75, 3.05) is 12.3 Å². The van der Waals surface area contributed by atoms with E-state index in [0.29, 0.717) is 12.1 Å². The molecule has 1 atom stereocenters. The lowest BCUT2D eigenvalue weighted by molar-refractivity contribution is 0.0994. The number of hydrogen-bond acceptors (Lipinski definition) is 5. The molecule has 6 heteroatoms. The van der Waals surface area contributed by atoms with E-state index >= 15 is 0 Å². The third-order valence-electron chi connectivity index (χ3n) is 2.25. The molecule has 0 aliphatic carbocycles. The van der Waals surface area contributed by atoms with E-state index < -0.39 is 0 Å². The van der Waals surface area contributed by atoms with Gasteiger partial charge >= 0.3 is 0 Å². The molecule has 1 fully saturated rings. The lowest BCUT2D eigenvalue weighted by atomic mass is 10.2. The number of anilines is 1. The number of tetrazole rings is 1. The predicted octanol–water partition coefficient (Wildman–Crippen LogP) is -0.176. The van der Waals surface area contributed by atoms with Gasteiger partial charge in [0.15, 0.2) is 0 Å². The van der Waals surface area contributed by atoms with Crippen LogP contribution in [0.3, 0.4) is 0 Å². The van der Waals surface area contributed by atoms with Crippen LogP contribution in [0.25, 0.3) is 0 Å². The monoisotopic (exact) mass is 183 g/mol. The van der Waals surface area contributed by atoms with E-state index in [1.165, 1.54) is 0 Å². The Morgan fingerprint density at radius 2 is 2.54 bits per heavy atom. The first kappa shape index (κ1) is 8.43. The minimum absolute atomic E-state index is 0.364. The molecule has 1 aliphatic rings. The van der Waals surface area contributed by atoms with Gasteiger partial charge < -0.3 is 10.5 Å². The molecule has 1 aliphatic heterocycles. The Balaban J connectivity index is 1.82. The van der Waals surface area contributed by atoms with Crippen molar-refractivity contribution in [1.82, 2.24) is 20.2 Å². The standard InChI is InChI=1S/C7H13N5O/c8-7-9-10-11-12(7)4-3-6-2-1-5-13-6/h6H,1-5H2,(H2,8,9,11). The van der Waals surface area contributed by atoms with Gasteiger partial charge in [0, 0.05) is 13.2 Å². The molecule has 13 heavy (non-hydrogen) atoms. The zero-order chi connectivity index (χ0) is 9.10. The van der Waals surface area contributed by atoms with E-state index in [0.717, 1.165) is 32.4 Å². The van der Waals surface area contributed by atoms with E-state index in [9.17, 15) is 0 Å². The van der Waals surface area contributed by atoms with Crippen LogP contribution in [0.1, 0.15) is 19.3 Å². The van der Waals surface area contributed by atoms with Crippen LogP contribution >= 0.6 is 0 Å². The summed E-state index contributed by atoms with van der Waals surface area (Å²) in [5.41, 5.74) is 5.51. The first-order valence-corrected chi connectivity index (χ1v) is 4.49. The summed E-state index contributed by atoms with van der Waals surface area (Å²) in [5, 5.41) is 10.8. The van der Waals surface area contributed by atoms with Gasteiger partial charge in [-0.2, -0.15) is 0 Å². The summed E-state index contributed by atoms with van der Waals surface area (Å²) in [4.78, 5) is 0. The van der Waals surface area contributed by atoms with Gasteiger partial charge in [0.25, 0.3) is 0 Å². The fourth-order valence-electron chi connectivity index (χ4n) is 1.51. The average Bonchev–Trinajstić information content (AvgIpc) is 2.72. The van der Waals surface area contributed by atoms with Crippen molar-refractivity contribution in [3.05, 3.63) is 0 Å². The maximum Gasteiger partial charge on any atom is 0.240 e. The van der Waals surface area contributed by atoms with Gasteiger partial charge in [-0.1, -0.05) is 5.10 Å². The van der Waals surface area contributed by atoms with Crippen LogP contribution in [0.4, 0.5) is 5.95 Å². The fourth-order valence-corrected chi connectivity index (χ4v) is 1.51. The largest absolute Gasteiger partial charge is 0.378 e. The zero-order valence-corrected chi connectivity index (χ0v) is 7.39. The van der Waals surface area contributed by atoms with Crippen LogP contribution in [0.15, 0.2) is 0 Å². The quantitative estimate of drug-likeness (QED) is 0.703. The Hall–Kier alpha value is -1.17. The van der Waals surface area contributed by atoms with Crippen LogP contribution in [0.5, 0.6) is 0 Å². The molecular weight excluding hydrogens is 170 g/mol. The van der Waals surface area contributed by atoms with Gasteiger partial charge in [0.2, 0.25) is 5.95 Å². The van der Waals surface area contributed by atoms with Crippen LogP contribution in [-0.2, 0) is 11.3 Å². The Labute approximate surface area is 76.1 Å². The van der Waals surface area contributed by atoms with Gasteiger partial charge in [-0.3, -0.25) is 0 Å². The summed E-state index contributed by atoms with van der Waals surface area (Å²) in [6.07, 6.45) is 3.61. The van der Waals surface area contributed by atoms with Crippen molar-refractivity contribution >= 4 is 5.95 Å². The molecule has 2 rings (SSSR count).